The number of nitrogens with zero attached hydrogens (tertiary/aromatic N) is 1. The Hall–Kier alpha value is -1.59. The summed E-state index contributed by atoms with van der Waals surface area (Å²) < 4.78 is 0.548. The second-order valence-electron chi connectivity index (χ2n) is 5.27. The minimum absolute atomic E-state index is 0.0406. The first-order chi connectivity index (χ1) is 9.46. The van der Waals surface area contributed by atoms with E-state index in [4.69, 9.17) is 11.6 Å². The molecule has 0 aliphatic carbocycles. The van der Waals surface area contributed by atoms with Gasteiger partial charge in [-0.1, -0.05) is 11.6 Å². The zero-order valence-electron chi connectivity index (χ0n) is 11.2. The number of anilines is 2. The number of halogens is 1. The highest BCUT2D eigenvalue weighted by atomic mass is 35.5. The molecule has 0 saturated carbocycles. The van der Waals surface area contributed by atoms with Crippen LogP contribution in [-0.4, -0.2) is 10.9 Å². The second-order valence-corrected chi connectivity index (χ2v) is 6.97. The number of carbonyl (C=O) groups is 1. The first-order valence-corrected chi connectivity index (χ1v) is 7.46. The van der Waals surface area contributed by atoms with Crippen LogP contribution in [-0.2, 0) is 16.8 Å². The van der Waals surface area contributed by atoms with E-state index in [-0.39, 0.29) is 5.91 Å². The average Bonchev–Trinajstić information content (AvgIpc) is 2.91. The molecule has 0 bridgehead atoms. The number of hydrogen-bond donors (Lipinski definition) is 2. The highest BCUT2D eigenvalue weighted by Crippen LogP contribution is 2.38. The maximum absolute atomic E-state index is 11.9. The predicted molar refractivity (Wildman–Crippen MR) is 82.5 cm³/mol. The largest absolute Gasteiger partial charge is 0.380 e. The summed E-state index contributed by atoms with van der Waals surface area (Å²) in [6.45, 7) is 4.53. The monoisotopic (exact) mass is 307 g/mol. The maximum Gasteiger partial charge on any atom is 0.234 e. The van der Waals surface area contributed by atoms with Crippen molar-refractivity contribution in [2.45, 2.75) is 25.8 Å². The first kappa shape index (κ1) is 13.4. The van der Waals surface area contributed by atoms with Crippen molar-refractivity contribution < 1.29 is 4.79 Å². The summed E-state index contributed by atoms with van der Waals surface area (Å²) in [5.41, 5.74) is 2.42. The Morgan fingerprint density at radius 2 is 2.25 bits per heavy atom. The number of fused-ring (bicyclic) bond motifs is 1. The lowest BCUT2D eigenvalue weighted by molar-refractivity contribution is -0.119. The molecule has 20 heavy (non-hydrogen) atoms. The molecule has 2 heterocycles. The van der Waals surface area contributed by atoms with Crippen molar-refractivity contribution in [1.29, 1.82) is 0 Å². The van der Waals surface area contributed by atoms with Gasteiger partial charge in [0, 0.05) is 22.4 Å². The fourth-order valence-electron chi connectivity index (χ4n) is 2.24. The van der Waals surface area contributed by atoms with Gasteiger partial charge in [0.15, 0.2) is 4.47 Å². The summed E-state index contributed by atoms with van der Waals surface area (Å²) in [7, 11) is 0. The normalized spacial score (nSPS) is 15.8. The lowest BCUT2D eigenvalue weighted by atomic mass is 9.86. The Morgan fingerprint density at radius 3 is 2.95 bits per heavy atom. The van der Waals surface area contributed by atoms with Crippen LogP contribution in [0.1, 0.15) is 24.3 Å². The third kappa shape index (κ3) is 2.27. The summed E-state index contributed by atoms with van der Waals surface area (Å²) >= 11 is 7.26. The number of aromatic nitrogens is 1. The Morgan fingerprint density at radius 1 is 1.45 bits per heavy atom. The molecule has 0 spiro atoms. The molecular weight excluding hydrogens is 294 g/mol. The molecule has 0 fully saturated rings. The van der Waals surface area contributed by atoms with Crippen LogP contribution < -0.4 is 10.6 Å². The van der Waals surface area contributed by atoms with Crippen molar-refractivity contribution in [1.82, 2.24) is 4.98 Å². The Balaban J connectivity index is 1.80. The van der Waals surface area contributed by atoms with E-state index < -0.39 is 5.41 Å². The molecule has 3 rings (SSSR count). The van der Waals surface area contributed by atoms with Crippen molar-refractivity contribution in [3.63, 3.8) is 0 Å². The second kappa shape index (κ2) is 4.75. The number of thiazole rings is 1. The van der Waals surface area contributed by atoms with Crippen LogP contribution in [0.15, 0.2) is 24.4 Å². The van der Waals surface area contributed by atoms with Crippen LogP contribution >= 0.6 is 22.9 Å². The van der Waals surface area contributed by atoms with E-state index >= 15 is 0 Å². The van der Waals surface area contributed by atoms with Gasteiger partial charge in [-0.3, -0.25) is 4.79 Å². The molecule has 1 aromatic carbocycles. The van der Waals surface area contributed by atoms with Crippen LogP contribution in [0.25, 0.3) is 0 Å². The summed E-state index contributed by atoms with van der Waals surface area (Å²) in [5.74, 6) is 0.0406. The number of amides is 1. The maximum atomic E-state index is 11.9. The van der Waals surface area contributed by atoms with E-state index in [1.165, 1.54) is 11.3 Å². The molecule has 0 atom stereocenters. The number of hydrogen-bond acceptors (Lipinski definition) is 4. The van der Waals surface area contributed by atoms with E-state index in [1.807, 2.05) is 32.0 Å². The minimum Gasteiger partial charge on any atom is -0.380 e. The Kier molecular flexibility index (Phi) is 3.18. The van der Waals surface area contributed by atoms with Gasteiger partial charge in [0.2, 0.25) is 5.91 Å². The SMILES string of the molecule is CC1(C)C(=O)Nc2ccc(NCc3cnc(Cl)s3)cc21. The van der Waals surface area contributed by atoms with E-state index in [0.717, 1.165) is 21.8 Å². The number of nitrogens with one attached hydrogen (secondary N) is 2. The molecule has 1 aliphatic heterocycles. The minimum atomic E-state index is -0.485. The fourth-order valence-corrected chi connectivity index (χ4v) is 3.15. The van der Waals surface area contributed by atoms with Crippen LogP contribution in [0.5, 0.6) is 0 Å². The highest BCUT2D eigenvalue weighted by molar-refractivity contribution is 7.15. The van der Waals surface area contributed by atoms with Crippen molar-refractivity contribution in [3.8, 4) is 0 Å². The fraction of sp³-hybridized carbons (Fsp3) is 0.286. The molecule has 2 N–H and O–H groups in total. The Labute approximate surface area is 126 Å². The van der Waals surface area contributed by atoms with E-state index in [9.17, 15) is 4.79 Å². The van der Waals surface area contributed by atoms with E-state index in [2.05, 4.69) is 15.6 Å². The number of rotatable bonds is 3. The van der Waals surface area contributed by atoms with Crippen LogP contribution in [0.2, 0.25) is 4.47 Å². The van der Waals surface area contributed by atoms with Crippen molar-refractivity contribution in [2.75, 3.05) is 10.6 Å². The van der Waals surface area contributed by atoms with Gasteiger partial charge in [-0.05, 0) is 37.6 Å². The zero-order chi connectivity index (χ0) is 14.3. The van der Waals surface area contributed by atoms with Crippen molar-refractivity contribution in [2.24, 2.45) is 0 Å². The molecule has 0 saturated heterocycles. The average molecular weight is 308 g/mol. The molecule has 0 radical (unpaired) electrons. The summed E-state index contributed by atoms with van der Waals surface area (Å²) in [4.78, 5) is 17.0. The molecule has 0 unspecified atom stereocenters. The third-order valence-corrected chi connectivity index (χ3v) is 4.62. The zero-order valence-corrected chi connectivity index (χ0v) is 12.7. The molecular formula is C14H14ClN3OS. The molecule has 2 aromatic rings. The summed E-state index contributed by atoms with van der Waals surface area (Å²) in [6, 6.07) is 5.92. The smallest absolute Gasteiger partial charge is 0.234 e. The van der Waals surface area contributed by atoms with Crippen molar-refractivity contribution >= 4 is 40.2 Å². The first-order valence-electron chi connectivity index (χ1n) is 6.27. The Bertz CT molecular complexity index is 681. The van der Waals surface area contributed by atoms with E-state index in [0.29, 0.717) is 11.0 Å². The van der Waals surface area contributed by atoms with Gasteiger partial charge in [0.1, 0.15) is 0 Å². The number of carbonyl (C=O) groups excluding carboxylic acids is 1. The number of benzene rings is 1. The summed E-state index contributed by atoms with van der Waals surface area (Å²) in [5, 5.41) is 6.23. The van der Waals surface area contributed by atoms with Gasteiger partial charge in [-0.2, -0.15) is 0 Å². The van der Waals surface area contributed by atoms with Crippen LogP contribution in [0.3, 0.4) is 0 Å². The van der Waals surface area contributed by atoms with Gasteiger partial charge in [-0.25, -0.2) is 4.98 Å². The molecule has 104 valence electrons. The standard InChI is InChI=1S/C14H14ClN3OS/c1-14(2)10-5-8(3-4-11(10)18-12(14)19)16-6-9-7-17-13(15)20-9/h3-5,7,16H,6H2,1-2H3,(H,18,19). The van der Waals surface area contributed by atoms with Gasteiger partial charge in [-0.15, -0.1) is 11.3 Å². The van der Waals surface area contributed by atoms with Crippen LogP contribution in [0, 0.1) is 0 Å². The topological polar surface area (TPSA) is 54.0 Å². The van der Waals surface area contributed by atoms with Crippen molar-refractivity contribution in [3.05, 3.63) is 39.3 Å². The lowest BCUT2D eigenvalue weighted by Crippen LogP contribution is -2.26. The van der Waals surface area contributed by atoms with Gasteiger partial charge in [0.25, 0.3) is 0 Å². The summed E-state index contributed by atoms with van der Waals surface area (Å²) in [6.07, 6.45) is 1.77. The molecule has 6 heteroatoms. The quantitative estimate of drug-likeness (QED) is 0.910. The lowest BCUT2D eigenvalue weighted by Gasteiger charge is -2.16. The predicted octanol–water partition coefficient (Wildman–Crippen LogP) is 3.64. The van der Waals surface area contributed by atoms with Gasteiger partial charge in [0.05, 0.1) is 12.0 Å². The third-order valence-electron chi connectivity index (χ3n) is 3.50. The highest BCUT2D eigenvalue weighted by Gasteiger charge is 2.38. The molecule has 1 aromatic heterocycles. The molecule has 4 nitrogen and oxygen atoms in total. The van der Waals surface area contributed by atoms with E-state index in [1.54, 1.807) is 6.20 Å². The van der Waals surface area contributed by atoms with Crippen LogP contribution in [0.4, 0.5) is 11.4 Å². The molecule has 1 amide bonds. The van der Waals surface area contributed by atoms with Gasteiger partial charge < -0.3 is 10.6 Å². The molecule has 1 aliphatic rings. The van der Waals surface area contributed by atoms with Gasteiger partial charge >= 0.3 is 0 Å².